The van der Waals surface area contributed by atoms with E-state index in [1.165, 1.54) is 0 Å². The molecule has 1 unspecified atom stereocenters. The molecule has 1 aromatic rings. The highest BCUT2D eigenvalue weighted by atomic mass is 16.3. The third kappa shape index (κ3) is 3.04. The van der Waals surface area contributed by atoms with E-state index in [9.17, 15) is 4.79 Å². The highest BCUT2D eigenvalue weighted by molar-refractivity contribution is 5.74. The van der Waals surface area contributed by atoms with Crippen molar-refractivity contribution in [2.75, 3.05) is 33.7 Å². The van der Waals surface area contributed by atoms with E-state index in [1.807, 2.05) is 36.0 Å². The summed E-state index contributed by atoms with van der Waals surface area (Å²) < 4.78 is 5.41. The topological polar surface area (TPSA) is 48.7 Å². The first-order chi connectivity index (χ1) is 8.68. The molecule has 1 aliphatic heterocycles. The van der Waals surface area contributed by atoms with Crippen LogP contribution in [0.5, 0.6) is 0 Å². The maximum Gasteiger partial charge on any atom is 0.317 e. The fraction of sp³-hybridized carbons (Fsp3) is 0.615. The Bertz CT molecular complexity index is 370. The van der Waals surface area contributed by atoms with Gasteiger partial charge in [-0.1, -0.05) is 0 Å². The number of carbonyl (C=O) groups excluding carboxylic acids is 1. The maximum atomic E-state index is 11.9. The minimum absolute atomic E-state index is 0.0332. The second kappa shape index (κ2) is 5.91. The van der Waals surface area contributed by atoms with Crippen LogP contribution in [0.2, 0.25) is 0 Å². The van der Waals surface area contributed by atoms with E-state index >= 15 is 0 Å². The molecule has 1 atom stereocenters. The molecule has 1 saturated heterocycles. The average Bonchev–Trinajstić information content (AvgIpc) is 3.01. The van der Waals surface area contributed by atoms with Gasteiger partial charge < -0.3 is 14.6 Å². The third-order valence-electron chi connectivity index (χ3n) is 3.33. The molecule has 2 amide bonds. The molecule has 1 fully saturated rings. The van der Waals surface area contributed by atoms with Crippen molar-refractivity contribution in [2.24, 2.45) is 0 Å². The minimum Gasteiger partial charge on any atom is -0.468 e. The number of carbonyl (C=O) groups is 1. The molecule has 5 heteroatoms. The highest BCUT2D eigenvalue weighted by Gasteiger charge is 2.21. The molecule has 0 spiro atoms. The molecule has 1 aliphatic rings. The Kier molecular flexibility index (Phi) is 4.25. The van der Waals surface area contributed by atoms with Gasteiger partial charge in [0.15, 0.2) is 0 Å². The molecule has 2 heterocycles. The summed E-state index contributed by atoms with van der Waals surface area (Å²) in [6.07, 6.45) is 3.89. The molecule has 0 aliphatic carbocycles. The van der Waals surface area contributed by atoms with Crippen molar-refractivity contribution in [3.63, 3.8) is 0 Å². The predicted octanol–water partition coefficient (Wildman–Crippen LogP) is 1.69. The van der Waals surface area contributed by atoms with E-state index in [0.717, 1.165) is 31.7 Å². The Morgan fingerprint density at radius 1 is 1.50 bits per heavy atom. The van der Waals surface area contributed by atoms with E-state index in [4.69, 9.17) is 4.42 Å². The number of likely N-dealkylation sites (tertiary alicyclic amines) is 1. The van der Waals surface area contributed by atoms with E-state index in [1.54, 1.807) is 6.26 Å². The normalized spacial score (nSPS) is 17.2. The molecule has 1 N–H and O–H groups in total. The monoisotopic (exact) mass is 251 g/mol. The summed E-state index contributed by atoms with van der Waals surface area (Å²) in [7, 11) is 3.96. The number of hydrogen-bond donors (Lipinski definition) is 1. The molecule has 2 rings (SSSR count). The van der Waals surface area contributed by atoms with Gasteiger partial charge in [0, 0.05) is 19.6 Å². The lowest BCUT2D eigenvalue weighted by atomic mass is 10.2. The number of hydrogen-bond acceptors (Lipinski definition) is 3. The summed E-state index contributed by atoms with van der Waals surface area (Å²) in [5.41, 5.74) is 0. The van der Waals surface area contributed by atoms with Gasteiger partial charge in [-0.2, -0.15) is 0 Å². The third-order valence-corrected chi connectivity index (χ3v) is 3.33. The van der Waals surface area contributed by atoms with Crippen molar-refractivity contribution in [1.29, 1.82) is 0 Å². The number of likely N-dealkylation sites (N-methyl/N-ethyl adjacent to an activating group) is 1. The summed E-state index contributed by atoms with van der Waals surface area (Å²) in [6.45, 7) is 2.31. The second-order valence-electron chi connectivity index (χ2n) is 4.88. The van der Waals surface area contributed by atoms with Gasteiger partial charge in [-0.15, -0.1) is 0 Å². The Morgan fingerprint density at radius 3 is 2.78 bits per heavy atom. The smallest absolute Gasteiger partial charge is 0.317 e. The number of nitrogens with zero attached hydrogens (tertiary/aromatic N) is 2. The molecular weight excluding hydrogens is 230 g/mol. The van der Waals surface area contributed by atoms with Gasteiger partial charge in [0.1, 0.15) is 5.76 Å². The van der Waals surface area contributed by atoms with Crippen LogP contribution >= 0.6 is 0 Å². The lowest BCUT2D eigenvalue weighted by molar-refractivity contribution is 0.199. The Labute approximate surface area is 108 Å². The molecule has 0 bridgehead atoms. The van der Waals surface area contributed by atoms with Gasteiger partial charge in [-0.05, 0) is 39.1 Å². The van der Waals surface area contributed by atoms with Crippen molar-refractivity contribution in [1.82, 2.24) is 15.1 Å². The molecule has 0 saturated carbocycles. The van der Waals surface area contributed by atoms with Crippen molar-refractivity contribution < 1.29 is 9.21 Å². The zero-order valence-corrected chi connectivity index (χ0v) is 11.1. The van der Waals surface area contributed by atoms with Gasteiger partial charge in [-0.25, -0.2) is 4.79 Å². The lowest BCUT2D eigenvalue weighted by Crippen LogP contribution is -2.41. The molecular formula is C13H21N3O2. The fourth-order valence-electron chi connectivity index (χ4n) is 2.23. The summed E-state index contributed by atoms with van der Waals surface area (Å²) in [4.78, 5) is 15.8. The minimum atomic E-state index is 0.0332. The fourth-order valence-corrected chi connectivity index (χ4v) is 2.23. The number of amides is 2. The van der Waals surface area contributed by atoms with Gasteiger partial charge in [0.2, 0.25) is 0 Å². The standard InChI is InChI=1S/C13H21N3O2/c1-15(2)11(12-6-5-9-18-12)10-14-13(17)16-7-3-4-8-16/h5-6,9,11H,3-4,7-8,10H2,1-2H3,(H,14,17). The maximum absolute atomic E-state index is 11.9. The Balaban J connectivity index is 1.88. The van der Waals surface area contributed by atoms with E-state index in [2.05, 4.69) is 5.32 Å². The Hall–Kier alpha value is -1.49. The summed E-state index contributed by atoms with van der Waals surface area (Å²) in [6, 6.07) is 3.92. The molecule has 18 heavy (non-hydrogen) atoms. The molecule has 5 nitrogen and oxygen atoms in total. The van der Waals surface area contributed by atoms with E-state index in [-0.39, 0.29) is 12.1 Å². The summed E-state index contributed by atoms with van der Waals surface area (Å²) in [5, 5.41) is 2.98. The van der Waals surface area contributed by atoms with Crippen LogP contribution < -0.4 is 5.32 Å². The molecule has 0 radical (unpaired) electrons. The van der Waals surface area contributed by atoms with Crippen LogP contribution in [0.1, 0.15) is 24.6 Å². The second-order valence-corrected chi connectivity index (χ2v) is 4.88. The Morgan fingerprint density at radius 2 is 2.22 bits per heavy atom. The summed E-state index contributed by atoms with van der Waals surface area (Å²) in [5.74, 6) is 0.877. The molecule has 0 aromatic carbocycles. The first-order valence-electron chi connectivity index (χ1n) is 6.41. The predicted molar refractivity (Wildman–Crippen MR) is 69.3 cm³/mol. The zero-order chi connectivity index (χ0) is 13.0. The number of nitrogens with one attached hydrogen (secondary N) is 1. The van der Waals surface area contributed by atoms with E-state index < -0.39 is 0 Å². The number of urea groups is 1. The van der Waals surface area contributed by atoms with Gasteiger partial charge in [0.05, 0.1) is 12.3 Å². The van der Waals surface area contributed by atoms with Gasteiger partial charge >= 0.3 is 6.03 Å². The number of rotatable bonds is 4. The zero-order valence-electron chi connectivity index (χ0n) is 11.1. The number of furan rings is 1. The molecule has 100 valence electrons. The van der Waals surface area contributed by atoms with Crippen LogP contribution in [0, 0.1) is 0 Å². The van der Waals surface area contributed by atoms with Crippen molar-refractivity contribution in [3.8, 4) is 0 Å². The van der Waals surface area contributed by atoms with Crippen LogP contribution in [0.4, 0.5) is 4.79 Å². The molecule has 1 aromatic heterocycles. The van der Waals surface area contributed by atoms with E-state index in [0.29, 0.717) is 6.54 Å². The first-order valence-corrected chi connectivity index (χ1v) is 6.41. The highest BCUT2D eigenvalue weighted by Crippen LogP contribution is 2.17. The van der Waals surface area contributed by atoms with Crippen LogP contribution in [0.3, 0.4) is 0 Å². The first kappa shape index (κ1) is 13.0. The van der Waals surface area contributed by atoms with Crippen LogP contribution in [-0.4, -0.2) is 49.6 Å². The largest absolute Gasteiger partial charge is 0.468 e. The van der Waals surface area contributed by atoms with Crippen LogP contribution in [0.15, 0.2) is 22.8 Å². The van der Waals surface area contributed by atoms with Crippen molar-refractivity contribution in [2.45, 2.75) is 18.9 Å². The van der Waals surface area contributed by atoms with Gasteiger partial charge in [0.25, 0.3) is 0 Å². The summed E-state index contributed by atoms with van der Waals surface area (Å²) >= 11 is 0. The van der Waals surface area contributed by atoms with Crippen molar-refractivity contribution >= 4 is 6.03 Å². The van der Waals surface area contributed by atoms with Gasteiger partial charge in [-0.3, -0.25) is 4.90 Å². The SMILES string of the molecule is CN(C)C(CNC(=O)N1CCCC1)c1ccco1. The lowest BCUT2D eigenvalue weighted by Gasteiger charge is -2.24. The average molecular weight is 251 g/mol. The quantitative estimate of drug-likeness (QED) is 0.886. The van der Waals surface area contributed by atoms with Crippen LogP contribution in [-0.2, 0) is 0 Å². The van der Waals surface area contributed by atoms with Crippen molar-refractivity contribution in [3.05, 3.63) is 24.2 Å². The van der Waals surface area contributed by atoms with Crippen LogP contribution in [0.25, 0.3) is 0 Å².